The third kappa shape index (κ3) is 5.03. The maximum Gasteiger partial charge on any atom is 0.164 e. The number of fused-ring (bicyclic) bond motifs is 14. The molecule has 5 heteroatoms. The molecule has 0 aliphatic rings. The number of hydrogen-bond donors (Lipinski definition) is 0. The molecule has 3 heterocycles. The van der Waals surface area contributed by atoms with E-state index in [0.717, 1.165) is 22.3 Å². The number of aromatic nitrogens is 3. The fraction of sp³-hybridized carbons (Fsp3) is 0. The average molecular weight is 798 g/mol. The summed E-state index contributed by atoms with van der Waals surface area (Å²) < 4.78 is 4.93. The summed E-state index contributed by atoms with van der Waals surface area (Å²) in [4.78, 5) is 16.1. The topological polar surface area (TPSA) is 38.7 Å². The molecule has 10 aromatic carbocycles. The van der Waals surface area contributed by atoms with E-state index < -0.39 is 0 Å². The highest BCUT2D eigenvalue weighted by Gasteiger charge is 2.21. The van der Waals surface area contributed by atoms with Crippen molar-refractivity contribution in [3.05, 3.63) is 188 Å². The van der Waals surface area contributed by atoms with Gasteiger partial charge in [-0.1, -0.05) is 152 Å². The van der Waals surface area contributed by atoms with Crippen LogP contribution >= 0.6 is 22.7 Å². The van der Waals surface area contributed by atoms with Crippen molar-refractivity contribution in [2.75, 3.05) is 0 Å². The minimum atomic E-state index is 0.645. The second kappa shape index (κ2) is 13.1. The van der Waals surface area contributed by atoms with E-state index in [9.17, 15) is 0 Å². The Balaban J connectivity index is 1.08. The van der Waals surface area contributed by atoms with Gasteiger partial charge in [0.15, 0.2) is 17.5 Å². The fourth-order valence-corrected chi connectivity index (χ4v) is 11.8. The van der Waals surface area contributed by atoms with E-state index >= 15 is 0 Å². The Morgan fingerprint density at radius 2 is 0.667 bits per heavy atom. The Bertz CT molecular complexity index is 3780. The zero-order valence-electron chi connectivity index (χ0n) is 32.1. The molecule has 60 heavy (non-hydrogen) atoms. The van der Waals surface area contributed by atoms with Gasteiger partial charge in [-0.25, -0.2) is 15.0 Å². The number of benzene rings is 10. The van der Waals surface area contributed by atoms with E-state index in [1.54, 1.807) is 0 Å². The van der Waals surface area contributed by atoms with Crippen LogP contribution in [0.1, 0.15) is 0 Å². The van der Waals surface area contributed by atoms with Crippen molar-refractivity contribution in [3.63, 3.8) is 0 Å². The van der Waals surface area contributed by atoms with Crippen molar-refractivity contribution >= 4 is 106 Å². The highest BCUT2D eigenvalue weighted by Crippen LogP contribution is 2.45. The molecular weight excluding hydrogens is 767 g/mol. The van der Waals surface area contributed by atoms with E-state index in [0.29, 0.717) is 17.5 Å². The molecule has 0 atom stereocenters. The van der Waals surface area contributed by atoms with Crippen LogP contribution in [0.2, 0.25) is 0 Å². The lowest BCUT2D eigenvalue weighted by atomic mass is 9.87. The lowest BCUT2D eigenvalue weighted by Gasteiger charge is -2.16. The van der Waals surface area contributed by atoms with E-state index in [-0.39, 0.29) is 0 Å². The van der Waals surface area contributed by atoms with Gasteiger partial charge in [0.05, 0.1) is 0 Å². The van der Waals surface area contributed by atoms with E-state index in [2.05, 4.69) is 188 Å². The normalized spacial score (nSPS) is 12.0. The predicted octanol–water partition coefficient (Wildman–Crippen LogP) is 15.9. The van der Waals surface area contributed by atoms with Crippen LogP contribution in [-0.2, 0) is 0 Å². The highest BCUT2D eigenvalue weighted by molar-refractivity contribution is 7.26. The first kappa shape index (κ1) is 33.6. The summed E-state index contributed by atoms with van der Waals surface area (Å²) in [6, 6.07) is 67.9. The molecule has 13 aromatic rings. The van der Waals surface area contributed by atoms with Gasteiger partial charge < -0.3 is 0 Å². The molecule has 0 N–H and O–H groups in total. The molecule has 3 aromatic heterocycles. The summed E-state index contributed by atoms with van der Waals surface area (Å²) in [6.07, 6.45) is 0. The Kier molecular flexibility index (Phi) is 7.35. The van der Waals surface area contributed by atoms with Gasteiger partial charge in [0.25, 0.3) is 0 Å². The minimum Gasteiger partial charge on any atom is -0.208 e. The molecule has 0 radical (unpaired) electrons. The van der Waals surface area contributed by atoms with Gasteiger partial charge in [-0.15, -0.1) is 22.7 Å². The fourth-order valence-electron chi connectivity index (χ4n) is 9.50. The maximum atomic E-state index is 5.37. The number of rotatable bonds is 4. The summed E-state index contributed by atoms with van der Waals surface area (Å²) in [7, 11) is 0. The molecule has 0 bridgehead atoms. The molecule has 0 fully saturated rings. The standard InChI is InChI=1S/C55H31N3S2/c1-2-18-36-34(16-1)35-17-3-5-20-38(35)50-39-21-6-4-19-37(39)44(31-45(36)50)32-14-11-15-33(30-32)53-56-54(42-24-12-28-48-51(42)40-22-7-9-26-46(40)59-48)58-55(57-53)43-25-13-29-49-52(43)41-23-8-10-27-47(41)60-49/h1-31H. The first-order valence-corrected chi connectivity index (χ1v) is 21.8. The first-order valence-electron chi connectivity index (χ1n) is 20.2. The van der Waals surface area contributed by atoms with E-state index in [1.807, 2.05) is 22.7 Å². The number of thiophene rings is 2. The molecule has 0 spiro atoms. The van der Waals surface area contributed by atoms with Crippen LogP contribution in [0, 0.1) is 0 Å². The zero-order valence-corrected chi connectivity index (χ0v) is 33.7. The van der Waals surface area contributed by atoms with Crippen molar-refractivity contribution in [2.24, 2.45) is 0 Å². The van der Waals surface area contributed by atoms with Crippen LogP contribution in [0.4, 0.5) is 0 Å². The van der Waals surface area contributed by atoms with Gasteiger partial charge in [-0.2, -0.15) is 0 Å². The molecule has 0 aliphatic heterocycles. The van der Waals surface area contributed by atoms with Crippen LogP contribution in [0.5, 0.6) is 0 Å². The third-order valence-electron chi connectivity index (χ3n) is 12.1. The second-order valence-corrected chi connectivity index (χ2v) is 17.6. The molecule has 278 valence electrons. The lowest BCUT2D eigenvalue weighted by Crippen LogP contribution is -2.01. The van der Waals surface area contributed by atoms with Gasteiger partial charge in [0.1, 0.15) is 0 Å². The van der Waals surface area contributed by atoms with E-state index in [4.69, 9.17) is 15.0 Å². The SMILES string of the molecule is c1cc(-c2nc(-c3cccc4sc5ccccc5c34)nc(-c3cccc4sc5ccccc5c34)n2)cc(-c2cc3c4ccccc4c4ccccc4c3c3ccccc23)c1. The molecule has 0 amide bonds. The Morgan fingerprint density at radius 1 is 0.250 bits per heavy atom. The summed E-state index contributed by atoms with van der Waals surface area (Å²) in [5, 5.41) is 14.9. The van der Waals surface area contributed by atoms with Crippen molar-refractivity contribution in [2.45, 2.75) is 0 Å². The maximum absolute atomic E-state index is 5.37. The summed E-state index contributed by atoms with van der Waals surface area (Å²) in [6.45, 7) is 0. The molecule has 0 aliphatic carbocycles. The van der Waals surface area contributed by atoms with Crippen molar-refractivity contribution in [3.8, 4) is 45.3 Å². The van der Waals surface area contributed by atoms with Crippen LogP contribution in [0.3, 0.4) is 0 Å². The quantitative estimate of drug-likeness (QED) is 0.167. The van der Waals surface area contributed by atoms with Gasteiger partial charge in [0, 0.05) is 57.0 Å². The van der Waals surface area contributed by atoms with E-state index in [1.165, 1.54) is 89.0 Å². The van der Waals surface area contributed by atoms with Crippen LogP contribution in [0.15, 0.2) is 188 Å². The summed E-state index contributed by atoms with van der Waals surface area (Å²) in [5.41, 5.74) is 5.25. The minimum absolute atomic E-state index is 0.645. The largest absolute Gasteiger partial charge is 0.208 e. The van der Waals surface area contributed by atoms with Gasteiger partial charge in [-0.3, -0.25) is 0 Å². The molecule has 0 saturated carbocycles. The molecule has 0 saturated heterocycles. The average Bonchev–Trinajstić information content (AvgIpc) is 3.90. The van der Waals surface area contributed by atoms with Crippen LogP contribution in [-0.4, -0.2) is 15.0 Å². The van der Waals surface area contributed by atoms with Gasteiger partial charge in [-0.05, 0) is 90.6 Å². The zero-order chi connectivity index (χ0) is 39.3. The van der Waals surface area contributed by atoms with Gasteiger partial charge in [0.2, 0.25) is 0 Å². The third-order valence-corrected chi connectivity index (χ3v) is 14.4. The first-order chi connectivity index (χ1) is 29.7. The predicted molar refractivity (Wildman–Crippen MR) is 257 cm³/mol. The van der Waals surface area contributed by atoms with Crippen molar-refractivity contribution < 1.29 is 0 Å². The molecule has 3 nitrogen and oxygen atoms in total. The summed E-state index contributed by atoms with van der Waals surface area (Å²) in [5.74, 6) is 1.98. The highest BCUT2D eigenvalue weighted by atomic mass is 32.1. The molecule has 0 unspecified atom stereocenters. The number of hydrogen-bond acceptors (Lipinski definition) is 5. The van der Waals surface area contributed by atoms with Crippen molar-refractivity contribution in [1.82, 2.24) is 15.0 Å². The Morgan fingerprint density at radius 3 is 1.27 bits per heavy atom. The van der Waals surface area contributed by atoms with Crippen molar-refractivity contribution in [1.29, 1.82) is 0 Å². The van der Waals surface area contributed by atoms with Crippen LogP contribution in [0.25, 0.3) is 129 Å². The smallest absolute Gasteiger partial charge is 0.164 e. The monoisotopic (exact) mass is 797 g/mol. The second-order valence-electron chi connectivity index (χ2n) is 15.4. The molecule has 13 rings (SSSR count). The molecular formula is C55H31N3S2. The van der Waals surface area contributed by atoms with Crippen LogP contribution < -0.4 is 0 Å². The number of nitrogens with zero attached hydrogens (tertiary/aromatic N) is 3. The Labute approximate surface area is 352 Å². The lowest BCUT2D eigenvalue weighted by molar-refractivity contribution is 1.08. The summed E-state index contributed by atoms with van der Waals surface area (Å²) >= 11 is 3.62. The Hall–Kier alpha value is -7.31. The van der Waals surface area contributed by atoms with Gasteiger partial charge >= 0.3 is 0 Å².